The Morgan fingerprint density at radius 2 is 1.79 bits per heavy atom. The first kappa shape index (κ1) is 21.1. The van der Waals surface area contributed by atoms with Crippen molar-refractivity contribution in [2.24, 2.45) is 0 Å². The summed E-state index contributed by atoms with van der Waals surface area (Å²) in [5.74, 6) is 2.39. The molecule has 9 nitrogen and oxygen atoms in total. The predicted molar refractivity (Wildman–Crippen MR) is 134 cm³/mol. The molecule has 170 valence electrons. The van der Waals surface area contributed by atoms with Crippen molar-refractivity contribution in [1.29, 1.82) is 0 Å². The second-order valence-corrected chi connectivity index (χ2v) is 8.27. The Labute approximate surface area is 196 Å². The van der Waals surface area contributed by atoms with Gasteiger partial charge in [0.05, 0.1) is 45.9 Å². The van der Waals surface area contributed by atoms with Gasteiger partial charge in [-0.3, -0.25) is 4.90 Å². The highest BCUT2D eigenvalue weighted by molar-refractivity contribution is 7.80. The number of nitrogen functional groups attached to an aromatic ring is 1. The van der Waals surface area contributed by atoms with E-state index in [4.69, 9.17) is 27.4 Å². The van der Waals surface area contributed by atoms with Crippen LogP contribution in [-0.2, 0) is 0 Å². The summed E-state index contributed by atoms with van der Waals surface area (Å²) in [5.41, 5.74) is 9.20. The summed E-state index contributed by atoms with van der Waals surface area (Å²) < 4.78 is 11.0. The van der Waals surface area contributed by atoms with Gasteiger partial charge in [-0.05, 0) is 42.5 Å². The number of nitrogens with two attached hydrogens (primary N) is 1. The predicted octanol–water partition coefficient (Wildman–Crippen LogP) is 2.65. The monoisotopic (exact) mass is 464 g/mol. The minimum absolute atomic E-state index is 0.679. The Hall–Kier alpha value is -3.79. The van der Waals surface area contributed by atoms with Crippen molar-refractivity contribution >= 4 is 56.5 Å². The van der Waals surface area contributed by atoms with Crippen LogP contribution in [0.25, 0.3) is 21.9 Å². The second-order valence-electron chi connectivity index (χ2n) is 7.88. The summed E-state index contributed by atoms with van der Waals surface area (Å²) >= 11 is 5.64. The van der Waals surface area contributed by atoms with E-state index < -0.39 is 0 Å². The third-order valence-corrected chi connectivity index (χ3v) is 6.32. The zero-order valence-electron chi connectivity index (χ0n) is 18.5. The van der Waals surface area contributed by atoms with Gasteiger partial charge in [-0.2, -0.15) is 0 Å². The first-order valence-corrected chi connectivity index (χ1v) is 11.1. The third-order valence-electron chi connectivity index (χ3n) is 5.96. The molecule has 4 aromatic rings. The lowest BCUT2D eigenvalue weighted by atomic mass is 10.1. The van der Waals surface area contributed by atoms with Crippen LogP contribution < -0.4 is 30.4 Å². The standard InChI is InChI=1S/C23H25N7O2S/c1-31-18-11-16-17(12-19(18)32-2)28-21-20(16)22(26-13-25-21)29-7-9-30(10-8-29)23(33)27-15-5-3-14(24)4-6-15/h3-6,11-13H,7-10,24H2,1-2H3,(H,27,33)(H,25,26,28)/p+1. The number of anilines is 3. The van der Waals surface area contributed by atoms with E-state index in [1.165, 1.54) is 0 Å². The van der Waals surface area contributed by atoms with Gasteiger partial charge in [0.15, 0.2) is 16.6 Å². The van der Waals surface area contributed by atoms with Gasteiger partial charge in [0.25, 0.3) is 0 Å². The van der Waals surface area contributed by atoms with E-state index in [1.807, 2.05) is 36.4 Å². The van der Waals surface area contributed by atoms with Crippen LogP contribution in [0.15, 0.2) is 42.7 Å². The van der Waals surface area contributed by atoms with Gasteiger partial charge in [-0.1, -0.05) is 4.98 Å². The molecular formula is C23H26N7O2S+. The topological polar surface area (TPSA) is 106 Å². The average molecular weight is 465 g/mol. The lowest BCUT2D eigenvalue weighted by molar-refractivity contribution is -0.367. The number of aromatic nitrogens is 3. The van der Waals surface area contributed by atoms with E-state index in [9.17, 15) is 0 Å². The number of nitrogens with zero attached hydrogens (tertiary/aromatic N) is 3. The van der Waals surface area contributed by atoms with Crippen molar-refractivity contribution < 1.29 is 14.5 Å². The lowest BCUT2D eigenvalue weighted by Crippen LogP contribution is -2.51. The van der Waals surface area contributed by atoms with Gasteiger partial charge >= 0.3 is 0 Å². The summed E-state index contributed by atoms with van der Waals surface area (Å²) in [5, 5.41) is 6.08. The lowest BCUT2D eigenvalue weighted by Gasteiger charge is -2.34. The van der Waals surface area contributed by atoms with Crippen molar-refractivity contribution in [3.63, 3.8) is 0 Å². The number of fused-ring (bicyclic) bond motifs is 3. The first-order valence-electron chi connectivity index (χ1n) is 10.7. The maximum atomic E-state index is 5.77. The molecule has 0 unspecified atom stereocenters. The molecule has 0 aliphatic carbocycles. The molecule has 1 aliphatic heterocycles. The molecule has 0 spiro atoms. The smallest absolute Gasteiger partial charge is 0.234 e. The highest BCUT2D eigenvalue weighted by atomic mass is 32.1. The molecule has 0 bridgehead atoms. The van der Waals surface area contributed by atoms with Crippen LogP contribution in [0.4, 0.5) is 17.2 Å². The van der Waals surface area contributed by atoms with Gasteiger partial charge in [0.1, 0.15) is 5.39 Å². The number of ether oxygens (including phenoxy) is 2. The van der Waals surface area contributed by atoms with Crippen molar-refractivity contribution in [1.82, 2.24) is 14.9 Å². The SMILES string of the molecule is COc1cc2[nH]c3nc[nH+]c(N4CCN(C(=S)Nc5ccc(N)cc5)CC4)c3c2cc1OC. The van der Waals surface area contributed by atoms with Crippen LogP contribution in [0.5, 0.6) is 11.5 Å². The van der Waals surface area contributed by atoms with Gasteiger partial charge < -0.3 is 30.4 Å². The van der Waals surface area contributed by atoms with E-state index >= 15 is 0 Å². The third kappa shape index (κ3) is 3.93. The Kier molecular flexibility index (Phi) is 5.51. The quantitative estimate of drug-likeness (QED) is 0.313. The molecule has 2 aromatic heterocycles. The fraction of sp³-hybridized carbons (Fsp3) is 0.261. The minimum atomic E-state index is 0.679. The Bertz CT molecular complexity index is 1310. The number of nitrogens with one attached hydrogen (secondary N) is 3. The number of H-pyrrole nitrogens is 2. The number of aromatic amines is 2. The maximum Gasteiger partial charge on any atom is 0.234 e. The number of benzene rings is 2. The van der Waals surface area contributed by atoms with Crippen LogP contribution in [0.1, 0.15) is 0 Å². The first-order chi connectivity index (χ1) is 16.1. The Morgan fingerprint density at radius 1 is 1.09 bits per heavy atom. The molecule has 3 heterocycles. The van der Waals surface area contributed by atoms with Crippen molar-refractivity contribution in [3.8, 4) is 11.5 Å². The molecule has 1 saturated heterocycles. The van der Waals surface area contributed by atoms with Crippen LogP contribution in [0.3, 0.4) is 0 Å². The highest BCUT2D eigenvalue weighted by Crippen LogP contribution is 2.37. The molecule has 0 saturated carbocycles. The van der Waals surface area contributed by atoms with Gasteiger partial charge in [-0.15, -0.1) is 0 Å². The molecule has 2 aromatic carbocycles. The van der Waals surface area contributed by atoms with Crippen LogP contribution in [-0.4, -0.2) is 60.4 Å². The molecule has 1 aliphatic rings. The highest BCUT2D eigenvalue weighted by Gasteiger charge is 2.27. The van der Waals surface area contributed by atoms with Gasteiger partial charge in [0, 0.05) is 22.8 Å². The second kappa shape index (κ2) is 8.62. The molecule has 1 fully saturated rings. The van der Waals surface area contributed by atoms with E-state index in [1.54, 1.807) is 20.5 Å². The van der Waals surface area contributed by atoms with E-state index in [-0.39, 0.29) is 0 Å². The molecule has 0 radical (unpaired) electrons. The van der Waals surface area contributed by atoms with Gasteiger partial charge in [0.2, 0.25) is 17.8 Å². The average Bonchev–Trinajstić information content (AvgIpc) is 3.22. The summed E-state index contributed by atoms with van der Waals surface area (Å²) in [6, 6.07) is 11.5. The largest absolute Gasteiger partial charge is 0.493 e. The number of piperazine rings is 1. The van der Waals surface area contributed by atoms with Crippen LogP contribution >= 0.6 is 12.2 Å². The summed E-state index contributed by atoms with van der Waals surface area (Å²) in [6.45, 7) is 3.24. The molecule has 0 atom stereocenters. The summed E-state index contributed by atoms with van der Waals surface area (Å²) in [4.78, 5) is 15.8. The molecule has 33 heavy (non-hydrogen) atoms. The zero-order chi connectivity index (χ0) is 22.9. The van der Waals surface area contributed by atoms with E-state index in [2.05, 4.69) is 30.1 Å². The molecular weight excluding hydrogens is 438 g/mol. The van der Waals surface area contributed by atoms with E-state index in [0.717, 1.165) is 65.3 Å². The van der Waals surface area contributed by atoms with Gasteiger partial charge in [-0.25, -0.2) is 4.98 Å². The fourth-order valence-electron chi connectivity index (χ4n) is 4.23. The maximum absolute atomic E-state index is 5.77. The van der Waals surface area contributed by atoms with E-state index in [0.29, 0.717) is 16.6 Å². The Morgan fingerprint density at radius 3 is 2.48 bits per heavy atom. The molecule has 5 rings (SSSR count). The molecule has 10 heteroatoms. The number of rotatable bonds is 4. The fourth-order valence-corrected chi connectivity index (χ4v) is 4.53. The minimum Gasteiger partial charge on any atom is -0.493 e. The number of hydrogen-bond donors (Lipinski definition) is 3. The summed E-state index contributed by atoms with van der Waals surface area (Å²) in [7, 11) is 3.28. The number of thiocarbonyl (C=S) groups is 1. The van der Waals surface area contributed by atoms with Crippen LogP contribution in [0.2, 0.25) is 0 Å². The van der Waals surface area contributed by atoms with Crippen molar-refractivity contribution in [2.45, 2.75) is 0 Å². The summed E-state index contributed by atoms with van der Waals surface area (Å²) in [6.07, 6.45) is 1.72. The molecule has 0 amide bonds. The van der Waals surface area contributed by atoms with Crippen LogP contribution in [0, 0.1) is 0 Å². The Balaban J connectivity index is 1.38. The normalized spacial score (nSPS) is 14.0. The van der Waals surface area contributed by atoms with Crippen molar-refractivity contribution in [3.05, 3.63) is 42.7 Å². The molecule has 5 N–H and O–H groups in total. The number of methoxy groups -OCH3 is 2. The number of hydrogen-bond acceptors (Lipinski definition) is 6. The zero-order valence-corrected chi connectivity index (χ0v) is 19.3. The van der Waals surface area contributed by atoms with Crippen molar-refractivity contribution in [2.75, 3.05) is 56.3 Å².